The van der Waals surface area contributed by atoms with Gasteiger partial charge in [0.25, 0.3) is 0 Å². The number of carbonyl (C=O) groups excluding carboxylic acids is 1. The van der Waals surface area contributed by atoms with Crippen molar-refractivity contribution in [2.45, 2.75) is 41.5 Å². The minimum absolute atomic E-state index is 0.136. The predicted molar refractivity (Wildman–Crippen MR) is 95.6 cm³/mol. The maximum Gasteiger partial charge on any atom is 0.178 e. The SMILES string of the molecule is Cc1nc(C)c(C)c(/C=C/C(=O)/C=C/c2nc(C)c(C)c(C)n2)n1. The van der Waals surface area contributed by atoms with Gasteiger partial charge in [0.1, 0.15) is 5.82 Å². The van der Waals surface area contributed by atoms with Crippen molar-refractivity contribution in [1.82, 2.24) is 19.9 Å². The van der Waals surface area contributed by atoms with Crippen LogP contribution in [0.4, 0.5) is 0 Å². The average Bonchev–Trinajstić information content (AvgIpc) is 2.52. The Morgan fingerprint density at radius 3 is 1.88 bits per heavy atom. The molecule has 0 aromatic carbocycles. The maximum atomic E-state index is 12.0. The Balaban J connectivity index is 2.16. The number of allylic oxidation sites excluding steroid dienone is 2. The quantitative estimate of drug-likeness (QED) is 0.807. The zero-order chi connectivity index (χ0) is 17.9. The van der Waals surface area contributed by atoms with Crippen molar-refractivity contribution >= 4 is 17.9 Å². The molecule has 5 nitrogen and oxygen atoms in total. The third-order valence-electron chi connectivity index (χ3n) is 3.99. The zero-order valence-corrected chi connectivity index (χ0v) is 15.0. The molecule has 0 unspecified atom stereocenters. The van der Waals surface area contributed by atoms with Crippen molar-refractivity contribution in [3.8, 4) is 0 Å². The molecule has 2 heterocycles. The largest absolute Gasteiger partial charge is 0.290 e. The monoisotopic (exact) mass is 322 g/mol. The second-order valence-corrected chi connectivity index (χ2v) is 5.81. The normalized spacial score (nSPS) is 11.6. The number of hydrogen-bond acceptors (Lipinski definition) is 5. The molecule has 0 aliphatic heterocycles. The van der Waals surface area contributed by atoms with Crippen LogP contribution in [0.5, 0.6) is 0 Å². The van der Waals surface area contributed by atoms with Crippen LogP contribution in [0.1, 0.15) is 45.6 Å². The highest BCUT2D eigenvalue weighted by Crippen LogP contribution is 2.11. The van der Waals surface area contributed by atoms with Crippen LogP contribution in [0.25, 0.3) is 12.2 Å². The van der Waals surface area contributed by atoms with Gasteiger partial charge in [0.15, 0.2) is 11.6 Å². The minimum Gasteiger partial charge on any atom is -0.290 e. The van der Waals surface area contributed by atoms with Gasteiger partial charge in [-0.25, -0.2) is 19.9 Å². The fourth-order valence-corrected chi connectivity index (χ4v) is 2.20. The lowest BCUT2D eigenvalue weighted by Crippen LogP contribution is -1.99. The van der Waals surface area contributed by atoms with E-state index in [0.717, 1.165) is 33.9 Å². The highest BCUT2D eigenvalue weighted by Gasteiger charge is 2.04. The predicted octanol–water partition coefficient (Wildman–Crippen LogP) is 3.41. The summed E-state index contributed by atoms with van der Waals surface area (Å²) >= 11 is 0. The summed E-state index contributed by atoms with van der Waals surface area (Å²) in [6.45, 7) is 11.6. The van der Waals surface area contributed by atoms with E-state index < -0.39 is 0 Å². The van der Waals surface area contributed by atoms with Gasteiger partial charge in [-0.15, -0.1) is 0 Å². The molecule has 5 heteroatoms. The molecule has 2 aromatic heterocycles. The highest BCUT2D eigenvalue weighted by atomic mass is 16.1. The first-order valence-corrected chi connectivity index (χ1v) is 7.81. The van der Waals surface area contributed by atoms with Crippen LogP contribution >= 0.6 is 0 Å². The summed E-state index contributed by atoms with van der Waals surface area (Å²) in [6, 6.07) is 0. The van der Waals surface area contributed by atoms with E-state index in [1.807, 2.05) is 41.5 Å². The van der Waals surface area contributed by atoms with Gasteiger partial charge in [0.2, 0.25) is 0 Å². The third-order valence-corrected chi connectivity index (χ3v) is 3.99. The van der Waals surface area contributed by atoms with Crippen LogP contribution in [0.15, 0.2) is 12.2 Å². The first-order chi connectivity index (χ1) is 11.3. The van der Waals surface area contributed by atoms with Gasteiger partial charge in [-0.05, 0) is 77.0 Å². The number of aromatic nitrogens is 4. The number of nitrogens with zero attached hydrogens (tertiary/aromatic N) is 4. The van der Waals surface area contributed by atoms with Crippen molar-refractivity contribution in [2.24, 2.45) is 0 Å². The van der Waals surface area contributed by atoms with E-state index in [9.17, 15) is 4.79 Å². The molecule has 0 fully saturated rings. The van der Waals surface area contributed by atoms with Crippen molar-refractivity contribution in [2.75, 3.05) is 0 Å². The number of hydrogen-bond donors (Lipinski definition) is 0. The molecule has 0 radical (unpaired) electrons. The van der Waals surface area contributed by atoms with Crippen LogP contribution in [0.2, 0.25) is 0 Å². The average molecular weight is 322 g/mol. The molecule has 0 atom stereocenters. The Labute approximate surface area is 142 Å². The van der Waals surface area contributed by atoms with E-state index >= 15 is 0 Å². The molecule has 0 aliphatic carbocycles. The van der Waals surface area contributed by atoms with E-state index in [1.165, 1.54) is 12.2 Å². The van der Waals surface area contributed by atoms with Gasteiger partial charge in [-0.1, -0.05) is 0 Å². The molecule has 0 spiro atoms. The summed E-state index contributed by atoms with van der Waals surface area (Å²) in [5.41, 5.74) is 5.58. The second-order valence-electron chi connectivity index (χ2n) is 5.81. The fraction of sp³-hybridized carbons (Fsp3) is 0.316. The lowest BCUT2D eigenvalue weighted by Gasteiger charge is -2.04. The lowest BCUT2D eigenvalue weighted by molar-refractivity contribution is -0.110. The number of ketones is 1. The number of carbonyl (C=O) groups is 1. The standard InChI is InChI=1S/C19H22N4O/c1-11-13(3)21-19(22-14(11)4)10-8-17(24)7-9-18-12(2)15(5)20-16(6)23-18/h7-10H,1-6H3/b9-7+,10-8+. The topological polar surface area (TPSA) is 68.6 Å². The molecular weight excluding hydrogens is 300 g/mol. The van der Waals surface area contributed by atoms with Gasteiger partial charge in [0, 0.05) is 17.1 Å². The van der Waals surface area contributed by atoms with Crippen molar-refractivity contribution < 1.29 is 4.79 Å². The summed E-state index contributed by atoms with van der Waals surface area (Å²) in [4.78, 5) is 29.4. The molecule has 0 amide bonds. The Hall–Kier alpha value is -2.69. The number of rotatable bonds is 4. The Morgan fingerprint density at radius 2 is 1.25 bits per heavy atom. The molecule has 0 saturated heterocycles. The van der Waals surface area contributed by atoms with Crippen LogP contribution < -0.4 is 0 Å². The smallest absolute Gasteiger partial charge is 0.178 e. The van der Waals surface area contributed by atoms with E-state index in [2.05, 4.69) is 19.9 Å². The molecule has 2 aromatic rings. The van der Waals surface area contributed by atoms with Gasteiger partial charge in [-0.3, -0.25) is 4.79 Å². The maximum absolute atomic E-state index is 12.0. The summed E-state index contributed by atoms with van der Waals surface area (Å²) in [6.07, 6.45) is 6.32. The Bertz CT molecular complexity index is 828. The van der Waals surface area contributed by atoms with Gasteiger partial charge in [-0.2, -0.15) is 0 Å². The summed E-state index contributed by atoms with van der Waals surface area (Å²) in [5.74, 6) is 1.10. The van der Waals surface area contributed by atoms with Gasteiger partial charge >= 0.3 is 0 Å². The number of aryl methyl sites for hydroxylation is 4. The Kier molecular flexibility index (Phi) is 5.34. The molecule has 124 valence electrons. The molecule has 24 heavy (non-hydrogen) atoms. The molecule has 0 saturated carbocycles. The third kappa shape index (κ3) is 4.19. The Morgan fingerprint density at radius 1 is 0.708 bits per heavy atom. The van der Waals surface area contributed by atoms with Crippen molar-refractivity contribution in [3.05, 3.63) is 57.7 Å². The zero-order valence-electron chi connectivity index (χ0n) is 15.0. The van der Waals surface area contributed by atoms with Crippen LogP contribution in [-0.4, -0.2) is 25.7 Å². The van der Waals surface area contributed by atoms with E-state index in [1.54, 1.807) is 12.2 Å². The van der Waals surface area contributed by atoms with Crippen molar-refractivity contribution in [3.63, 3.8) is 0 Å². The highest BCUT2D eigenvalue weighted by molar-refractivity contribution is 6.04. The minimum atomic E-state index is -0.136. The molecule has 0 aliphatic rings. The second kappa shape index (κ2) is 7.25. The molecule has 2 rings (SSSR count). The first-order valence-electron chi connectivity index (χ1n) is 7.81. The molecule has 0 bridgehead atoms. The first kappa shape index (κ1) is 17.7. The van der Waals surface area contributed by atoms with Gasteiger partial charge in [0.05, 0.1) is 5.69 Å². The lowest BCUT2D eigenvalue weighted by atomic mass is 10.1. The molecular formula is C19H22N4O. The van der Waals surface area contributed by atoms with Crippen molar-refractivity contribution in [1.29, 1.82) is 0 Å². The van der Waals surface area contributed by atoms with E-state index in [-0.39, 0.29) is 5.78 Å². The van der Waals surface area contributed by atoms with E-state index in [0.29, 0.717) is 11.6 Å². The fourth-order valence-electron chi connectivity index (χ4n) is 2.20. The van der Waals surface area contributed by atoms with Crippen LogP contribution in [0, 0.1) is 41.5 Å². The summed E-state index contributed by atoms with van der Waals surface area (Å²) in [7, 11) is 0. The van der Waals surface area contributed by atoms with Crippen LogP contribution in [-0.2, 0) is 4.79 Å². The van der Waals surface area contributed by atoms with Gasteiger partial charge < -0.3 is 0 Å². The van der Waals surface area contributed by atoms with Crippen LogP contribution in [0.3, 0.4) is 0 Å². The summed E-state index contributed by atoms with van der Waals surface area (Å²) < 4.78 is 0. The molecule has 0 N–H and O–H groups in total. The summed E-state index contributed by atoms with van der Waals surface area (Å²) in [5, 5.41) is 0. The van der Waals surface area contributed by atoms with E-state index in [4.69, 9.17) is 0 Å².